The van der Waals surface area contributed by atoms with Gasteiger partial charge >= 0.3 is 0 Å². The molecule has 0 saturated heterocycles. The second-order valence-electron chi connectivity index (χ2n) is 6.76. The van der Waals surface area contributed by atoms with Crippen LogP contribution in [0.25, 0.3) is 0 Å². The number of sulfonamides is 1. The summed E-state index contributed by atoms with van der Waals surface area (Å²) in [5.74, 6) is -3.71. The first-order valence-electron chi connectivity index (χ1n) is 8.35. The number of hydrogen-bond acceptors (Lipinski definition) is 4. The quantitative estimate of drug-likeness (QED) is 0.830. The minimum Gasteiger partial charge on any atom is -0.345 e. The molecule has 1 atom stereocenters. The number of rotatable bonds is 3. The molecule has 27 heavy (non-hydrogen) atoms. The molecule has 0 unspecified atom stereocenters. The number of fused-ring (bicyclic) bond motifs is 1. The Hall–Kier alpha value is -2.33. The van der Waals surface area contributed by atoms with Crippen molar-refractivity contribution in [1.82, 2.24) is 14.3 Å². The first-order valence-corrected chi connectivity index (χ1v) is 9.83. The lowest BCUT2D eigenvalue weighted by Crippen LogP contribution is -2.30. The molecule has 1 aliphatic heterocycles. The third-order valence-electron chi connectivity index (χ3n) is 4.40. The van der Waals surface area contributed by atoms with Crippen LogP contribution in [0, 0.1) is 0 Å². The van der Waals surface area contributed by atoms with Crippen LogP contribution in [0.15, 0.2) is 29.4 Å². The minimum atomic E-state index is -3.72. The molecule has 2 aromatic rings. The standard InChI is InChI=1S/C17H20F2N4O3S/c1-10-4-5-12-13(27(25,26)22-10)9-23(3)15(12)16(24)21-11-6-7-20-14(8-11)17(2,18)19/h6-10,22H,4-5H2,1-3H3,(H,20,21,24)/t10-/m0/s1. The van der Waals surface area contributed by atoms with Gasteiger partial charge in [-0.05, 0) is 31.9 Å². The predicted octanol–water partition coefficient (Wildman–Crippen LogP) is 2.40. The van der Waals surface area contributed by atoms with Crippen LogP contribution >= 0.6 is 0 Å². The molecule has 10 heteroatoms. The number of pyridine rings is 1. The molecule has 1 amide bonds. The molecule has 0 spiro atoms. The van der Waals surface area contributed by atoms with Crippen molar-refractivity contribution in [3.8, 4) is 0 Å². The van der Waals surface area contributed by atoms with Crippen LogP contribution in [-0.4, -0.2) is 29.9 Å². The van der Waals surface area contributed by atoms with Gasteiger partial charge in [-0.2, -0.15) is 8.78 Å². The molecule has 2 aromatic heterocycles. The maximum atomic E-state index is 13.4. The summed E-state index contributed by atoms with van der Waals surface area (Å²) >= 11 is 0. The summed E-state index contributed by atoms with van der Waals surface area (Å²) in [5.41, 5.74) is 0.295. The molecular formula is C17H20F2N4O3S. The number of carbonyl (C=O) groups is 1. The van der Waals surface area contributed by atoms with Gasteiger partial charge in [0.15, 0.2) is 0 Å². The maximum absolute atomic E-state index is 13.4. The zero-order valence-electron chi connectivity index (χ0n) is 15.1. The minimum absolute atomic E-state index is 0.0648. The second-order valence-corrected chi connectivity index (χ2v) is 8.45. The summed E-state index contributed by atoms with van der Waals surface area (Å²) in [6.07, 6.45) is 3.52. The van der Waals surface area contributed by atoms with E-state index in [1.807, 2.05) is 0 Å². The fourth-order valence-electron chi connectivity index (χ4n) is 3.11. The monoisotopic (exact) mass is 398 g/mol. The van der Waals surface area contributed by atoms with Gasteiger partial charge in [-0.1, -0.05) is 0 Å². The molecule has 1 aliphatic rings. The number of nitrogens with one attached hydrogen (secondary N) is 2. The van der Waals surface area contributed by atoms with Crippen molar-refractivity contribution >= 4 is 21.6 Å². The third kappa shape index (κ3) is 3.86. The third-order valence-corrected chi connectivity index (χ3v) is 6.05. The highest BCUT2D eigenvalue weighted by molar-refractivity contribution is 7.89. The Morgan fingerprint density at radius 3 is 2.81 bits per heavy atom. The lowest BCUT2D eigenvalue weighted by molar-refractivity contribution is 0.0128. The molecule has 2 N–H and O–H groups in total. The molecule has 146 valence electrons. The van der Waals surface area contributed by atoms with Crippen molar-refractivity contribution in [1.29, 1.82) is 0 Å². The fraction of sp³-hybridized carbons (Fsp3) is 0.412. The molecule has 0 aliphatic carbocycles. The fourth-order valence-corrected chi connectivity index (χ4v) is 4.70. The van der Waals surface area contributed by atoms with E-state index >= 15 is 0 Å². The second kappa shape index (κ2) is 6.68. The van der Waals surface area contributed by atoms with Gasteiger partial charge in [0.1, 0.15) is 16.3 Å². The van der Waals surface area contributed by atoms with Gasteiger partial charge in [-0.15, -0.1) is 0 Å². The largest absolute Gasteiger partial charge is 0.345 e. The van der Waals surface area contributed by atoms with Crippen LogP contribution < -0.4 is 10.0 Å². The molecule has 0 bridgehead atoms. The van der Waals surface area contributed by atoms with Crippen LogP contribution in [0.2, 0.25) is 0 Å². The average Bonchev–Trinajstić information content (AvgIpc) is 2.84. The number of hydrogen-bond donors (Lipinski definition) is 2. The van der Waals surface area contributed by atoms with Crippen LogP contribution in [0.4, 0.5) is 14.5 Å². The summed E-state index contributed by atoms with van der Waals surface area (Å²) in [7, 11) is -2.15. The Bertz CT molecular complexity index is 996. The smallest absolute Gasteiger partial charge is 0.287 e. The molecular weight excluding hydrogens is 378 g/mol. The molecule has 0 fully saturated rings. The highest BCUT2D eigenvalue weighted by Gasteiger charge is 2.32. The molecule has 3 rings (SSSR count). The SMILES string of the molecule is C[C@H]1CCc2c(cn(C)c2C(=O)Nc2ccnc(C(C)(F)F)c2)S(=O)(=O)N1. The van der Waals surface area contributed by atoms with Gasteiger partial charge in [-0.3, -0.25) is 9.78 Å². The van der Waals surface area contributed by atoms with Crippen molar-refractivity contribution in [2.75, 3.05) is 5.32 Å². The predicted molar refractivity (Wildman–Crippen MR) is 95.3 cm³/mol. The molecule has 3 heterocycles. The molecule has 0 radical (unpaired) electrons. The number of alkyl halides is 2. The molecule has 7 nitrogen and oxygen atoms in total. The number of anilines is 1. The number of amides is 1. The number of aromatic nitrogens is 2. The first-order chi connectivity index (χ1) is 12.5. The van der Waals surface area contributed by atoms with E-state index in [0.29, 0.717) is 18.4 Å². The Kier molecular flexibility index (Phi) is 4.81. The van der Waals surface area contributed by atoms with Gasteiger partial charge in [0.25, 0.3) is 11.8 Å². The summed E-state index contributed by atoms with van der Waals surface area (Å²) in [6, 6.07) is 2.24. The average molecular weight is 398 g/mol. The Balaban J connectivity index is 1.97. The van der Waals surface area contributed by atoms with Gasteiger partial charge in [0.2, 0.25) is 10.0 Å². The van der Waals surface area contributed by atoms with E-state index in [0.717, 1.165) is 13.0 Å². The number of carbonyl (C=O) groups excluding carboxylic acids is 1. The van der Waals surface area contributed by atoms with Crippen molar-refractivity contribution < 1.29 is 22.0 Å². The highest BCUT2D eigenvalue weighted by atomic mass is 32.2. The zero-order chi connectivity index (χ0) is 20.0. The first kappa shape index (κ1) is 19.4. The summed E-state index contributed by atoms with van der Waals surface area (Å²) in [6.45, 7) is 2.48. The zero-order valence-corrected chi connectivity index (χ0v) is 15.9. The lowest BCUT2D eigenvalue weighted by Gasteiger charge is -2.12. The number of halogens is 2. The lowest BCUT2D eigenvalue weighted by atomic mass is 10.1. The Morgan fingerprint density at radius 2 is 2.15 bits per heavy atom. The Morgan fingerprint density at radius 1 is 1.44 bits per heavy atom. The normalized spacial score (nSPS) is 19.2. The number of aryl methyl sites for hydroxylation is 1. The van der Waals surface area contributed by atoms with Crippen molar-refractivity contribution in [3.63, 3.8) is 0 Å². The highest BCUT2D eigenvalue weighted by Crippen LogP contribution is 2.29. The van der Waals surface area contributed by atoms with Gasteiger partial charge < -0.3 is 9.88 Å². The van der Waals surface area contributed by atoms with E-state index in [-0.39, 0.29) is 22.3 Å². The molecule has 0 aromatic carbocycles. The van der Waals surface area contributed by atoms with Crippen molar-refractivity contribution in [2.45, 2.75) is 43.5 Å². The van der Waals surface area contributed by atoms with E-state index in [2.05, 4.69) is 15.0 Å². The van der Waals surface area contributed by atoms with Crippen LogP contribution in [0.5, 0.6) is 0 Å². The van der Waals surface area contributed by atoms with Crippen LogP contribution in [0.3, 0.4) is 0 Å². The van der Waals surface area contributed by atoms with Gasteiger partial charge in [0.05, 0.1) is 0 Å². The van der Waals surface area contributed by atoms with E-state index in [1.54, 1.807) is 14.0 Å². The van der Waals surface area contributed by atoms with E-state index in [4.69, 9.17) is 0 Å². The van der Waals surface area contributed by atoms with E-state index in [9.17, 15) is 22.0 Å². The van der Waals surface area contributed by atoms with Gasteiger partial charge in [0, 0.05) is 43.7 Å². The molecule has 0 saturated carbocycles. The maximum Gasteiger partial charge on any atom is 0.287 e. The van der Waals surface area contributed by atoms with Crippen LogP contribution in [-0.2, 0) is 29.4 Å². The van der Waals surface area contributed by atoms with Crippen molar-refractivity contribution in [3.05, 3.63) is 41.5 Å². The van der Waals surface area contributed by atoms with Crippen LogP contribution in [0.1, 0.15) is 42.0 Å². The van der Waals surface area contributed by atoms with Crippen molar-refractivity contribution in [2.24, 2.45) is 7.05 Å². The topological polar surface area (TPSA) is 93.1 Å². The van der Waals surface area contributed by atoms with E-state index in [1.165, 1.54) is 23.0 Å². The summed E-state index contributed by atoms with van der Waals surface area (Å²) < 4.78 is 55.8. The number of nitrogens with zero attached hydrogens (tertiary/aromatic N) is 2. The Labute approximate surface area is 155 Å². The van der Waals surface area contributed by atoms with E-state index < -0.39 is 27.5 Å². The summed E-state index contributed by atoms with van der Waals surface area (Å²) in [5, 5.41) is 2.56. The summed E-state index contributed by atoms with van der Waals surface area (Å²) in [4.78, 5) is 16.5. The van der Waals surface area contributed by atoms with Gasteiger partial charge in [-0.25, -0.2) is 13.1 Å².